The van der Waals surface area contributed by atoms with Crippen molar-refractivity contribution in [3.8, 4) is 0 Å². The maximum absolute atomic E-state index is 13.1. The monoisotopic (exact) mass is 566 g/mol. The van der Waals surface area contributed by atoms with Crippen molar-refractivity contribution in [1.29, 1.82) is 0 Å². The van der Waals surface area contributed by atoms with Crippen molar-refractivity contribution >= 4 is 27.0 Å². The molecule has 4 aliphatic rings. The Morgan fingerprint density at radius 1 is 0.947 bits per heavy atom. The Morgan fingerprint density at radius 2 is 1.39 bits per heavy atom. The Bertz CT molecular complexity index is 1100. The first-order chi connectivity index (χ1) is 18.0. The summed E-state index contributed by atoms with van der Waals surface area (Å²) in [5, 5.41) is -5.00. The van der Waals surface area contributed by atoms with Gasteiger partial charge in [-0.2, -0.15) is 8.78 Å². The van der Waals surface area contributed by atoms with E-state index in [2.05, 4.69) is 72.3 Å². The summed E-state index contributed by atoms with van der Waals surface area (Å²) in [6.45, 7) is 2.05. The third-order valence-corrected chi connectivity index (χ3v) is 11.2. The molecule has 0 N–H and O–H groups in total. The molecule has 4 bridgehead atoms. The van der Waals surface area contributed by atoms with Crippen molar-refractivity contribution in [3.05, 3.63) is 60.7 Å². The molecule has 208 valence electrons. The minimum absolute atomic E-state index is 0.208. The Morgan fingerprint density at radius 3 is 1.79 bits per heavy atom. The summed E-state index contributed by atoms with van der Waals surface area (Å²) < 4.78 is 62.0. The van der Waals surface area contributed by atoms with E-state index in [1.807, 2.05) is 0 Å². The van der Waals surface area contributed by atoms with E-state index in [1.165, 1.54) is 28.4 Å². The molecule has 4 aliphatic carbocycles. The molecule has 0 saturated heterocycles. The summed E-state index contributed by atoms with van der Waals surface area (Å²) in [5.74, 6) is 0.689. The number of unbranched alkanes of at least 4 members (excludes halogenated alkanes) is 1. The van der Waals surface area contributed by atoms with E-state index in [1.54, 1.807) is 0 Å². The van der Waals surface area contributed by atoms with Crippen molar-refractivity contribution in [1.82, 2.24) is 0 Å². The Labute approximate surface area is 227 Å². The molecule has 9 heteroatoms. The van der Waals surface area contributed by atoms with Crippen molar-refractivity contribution in [2.24, 2.45) is 23.2 Å². The molecule has 0 aliphatic heterocycles. The third kappa shape index (κ3) is 6.77. The number of alkyl halides is 2. The molecule has 38 heavy (non-hydrogen) atoms. The van der Waals surface area contributed by atoms with E-state index in [4.69, 9.17) is 0 Å². The number of esters is 1. The van der Waals surface area contributed by atoms with Gasteiger partial charge in [0.1, 0.15) is 5.75 Å². The fraction of sp³-hybridized carbons (Fsp3) is 0.552. The molecule has 0 spiro atoms. The van der Waals surface area contributed by atoms with E-state index < -0.39 is 21.3 Å². The van der Waals surface area contributed by atoms with Crippen LogP contribution in [0.1, 0.15) is 58.3 Å². The molecule has 0 aromatic heterocycles. The number of carbonyl (C=O) groups excluding carboxylic acids is 1. The normalized spacial score (nSPS) is 26.1. The lowest BCUT2D eigenvalue weighted by molar-refractivity contribution is -0.172. The second-order valence-corrected chi connectivity index (χ2v) is 14.6. The van der Waals surface area contributed by atoms with Gasteiger partial charge < -0.3 is 9.29 Å². The van der Waals surface area contributed by atoms with Gasteiger partial charge in [0.25, 0.3) is 0 Å². The maximum Gasteiger partial charge on any atom is 0.428 e. The van der Waals surface area contributed by atoms with Gasteiger partial charge in [0.15, 0.2) is 19.9 Å². The highest BCUT2D eigenvalue weighted by Crippen LogP contribution is 2.60. The predicted octanol–water partition coefficient (Wildman–Crippen LogP) is 6.41. The molecule has 2 aromatic rings. The van der Waals surface area contributed by atoms with Gasteiger partial charge in [0.2, 0.25) is 0 Å². The molecule has 4 fully saturated rings. The number of hydrogen-bond donors (Lipinski definition) is 0. The van der Waals surface area contributed by atoms with Crippen LogP contribution in [0.4, 0.5) is 8.78 Å². The summed E-state index contributed by atoms with van der Waals surface area (Å²) >= 11 is 0. The lowest BCUT2D eigenvalue weighted by Gasteiger charge is -2.56. The molecule has 5 nitrogen and oxygen atoms in total. The highest BCUT2D eigenvalue weighted by atomic mass is 32.2. The van der Waals surface area contributed by atoms with Crippen LogP contribution < -0.4 is 0 Å². The van der Waals surface area contributed by atoms with Gasteiger partial charge in [0.05, 0.1) is 17.5 Å². The lowest BCUT2D eigenvalue weighted by atomic mass is 9.50. The maximum atomic E-state index is 13.1. The molecule has 0 atom stereocenters. The van der Waals surface area contributed by atoms with Crippen LogP contribution in [0.25, 0.3) is 0 Å². The average molecular weight is 567 g/mol. The van der Waals surface area contributed by atoms with Crippen LogP contribution >= 0.6 is 0 Å². The number of carbonyl (C=O) groups is 1. The van der Waals surface area contributed by atoms with Crippen molar-refractivity contribution in [2.45, 2.75) is 73.3 Å². The molecule has 0 amide bonds. The summed E-state index contributed by atoms with van der Waals surface area (Å²) in [7, 11) is -5.79. The van der Waals surface area contributed by atoms with Crippen LogP contribution in [0.5, 0.6) is 0 Å². The fourth-order valence-corrected chi connectivity index (χ4v) is 9.26. The second kappa shape index (κ2) is 12.0. The average Bonchev–Trinajstić information content (AvgIpc) is 2.88. The van der Waals surface area contributed by atoms with Crippen molar-refractivity contribution in [3.63, 3.8) is 0 Å². The molecular formula is C29H36F2O5S2. The molecular weight excluding hydrogens is 530 g/mol. The first-order valence-electron chi connectivity index (χ1n) is 13.3. The zero-order chi connectivity index (χ0) is 27.4. The van der Waals surface area contributed by atoms with Crippen LogP contribution in [0.15, 0.2) is 70.5 Å². The van der Waals surface area contributed by atoms with Crippen LogP contribution in [-0.4, -0.2) is 36.6 Å². The van der Waals surface area contributed by atoms with Gasteiger partial charge in [-0.25, -0.2) is 13.2 Å². The third-order valence-electron chi connectivity index (χ3n) is 7.98. The predicted molar refractivity (Wildman–Crippen MR) is 143 cm³/mol. The zero-order valence-electron chi connectivity index (χ0n) is 21.7. The Kier molecular flexibility index (Phi) is 9.20. The van der Waals surface area contributed by atoms with Crippen LogP contribution in [0.3, 0.4) is 0 Å². The zero-order valence-corrected chi connectivity index (χ0v) is 23.3. The van der Waals surface area contributed by atoms with Gasteiger partial charge in [-0.3, -0.25) is 0 Å². The number of rotatable bonds is 9. The summed E-state index contributed by atoms with van der Waals surface area (Å²) in [6, 6.07) is 21.8. The molecule has 4 saturated carbocycles. The highest BCUT2D eigenvalue weighted by Gasteiger charge is 2.53. The number of halogens is 2. The molecule has 6 rings (SSSR count). The summed E-state index contributed by atoms with van der Waals surface area (Å²) in [6.07, 6.45) is 8.52. The van der Waals surface area contributed by atoms with Gasteiger partial charge >= 0.3 is 11.2 Å². The number of benzene rings is 2. The fourth-order valence-electron chi connectivity index (χ4n) is 6.70. The van der Waals surface area contributed by atoms with Crippen molar-refractivity contribution in [2.75, 3.05) is 12.4 Å². The molecule has 0 unspecified atom stereocenters. The second-order valence-electron chi connectivity index (χ2n) is 11.0. The smallest absolute Gasteiger partial charge is 0.428 e. The summed E-state index contributed by atoms with van der Waals surface area (Å²) in [5.41, 5.74) is -0.298. The van der Waals surface area contributed by atoms with Crippen molar-refractivity contribution < 1.29 is 31.3 Å². The van der Waals surface area contributed by atoms with E-state index in [9.17, 15) is 26.5 Å². The van der Waals surface area contributed by atoms with Gasteiger partial charge in [-0.15, -0.1) is 0 Å². The van der Waals surface area contributed by atoms with E-state index in [0.29, 0.717) is 17.8 Å². The van der Waals surface area contributed by atoms with E-state index in [0.717, 1.165) is 38.5 Å². The minimum Gasteiger partial charge on any atom is -0.743 e. The SMILES string of the molecule is CCCC[S+](c1ccccc1)c1ccccc1.O=C(OCC12CC3CC(CC(C3)C1)C2)C(F)(F)S(=O)(=O)[O-]. The van der Waals surface area contributed by atoms with Gasteiger partial charge in [0, 0.05) is 5.41 Å². The van der Waals surface area contributed by atoms with E-state index in [-0.39, 0.29) is 22.9 Å². The topological polar surface area (TPSA) is 83.5 Å². The largest absolute Gasteiger partial charge is 0.743 e. The Hall–Kier alpha value is -1.97. The van der Waals surface area contributed by atoms with Crippen LogP contribution in [0, 0.1) is 23.2 Å². The molecule has 0 radical (unpaired) electrons. The quantitative estimate of drug-likeness (QED) is 0.199. The first-order valence-corrected chi connectivity index (χ1v) is 16.1. The highest BCUT2D eigenvalue weighted by molar-refractivity contribution is 7.97. The number of hydrogen-bond acceptors (Lipinski definition) is 5. The standard InChI is InChI=1S/C16H19S.C13H18F2O5S/c1-2-3-14-17(15-10-6-4-7-11-15)16-12-8-5-9-13-16;14-13(15,21(17,18)19)11(16)20-7-12-4-8-1-9(5-12)3-10(2-8)6-12/h4-13H,2-3,14H2,1H3;8-10H,1-7H2,(H,17,18,19)/q+1;/p-1. The van der Waals surface area contributed by atoms with Gasteiger partial charge in [-0.05, 0) is 87.0 Å². The minimum atomic E-state index is -6.04. The lowest BCUT2D eigenvalue weighted by Crippen LogP contribution is -2.49. The molecule has 2 aromatic carbocycles. The van der Waals surface area contributed by atoms with Crippen LogP contribution in [-0.2, 0) is 30.5 Å². The van der Waals surface area contributed by atoms with E-state index >= 15 is 0 Å². The van der Waals surface area contributed by atoms with Gasteiger partial charge in [-0.1, -0.05) is 49.7 Å². The first kappa shape index (κ1) is 29.0. The van der Waals surface area contributed by atoms with Crippen LogP contribution in [0.2, 0.25) is 0 Å². The number of ether oxygens (including phenoxy) is 1. The summed E-state index contributed by atoms with van der Waals surface area (Å²) in [4.78, 5) is 14.2. The molecule has 0 heterocycles. The Balaban J connectivity index is 0.000000181.